The van der Waals surface area contributed by atoms with Crippen molar-refractivity contribution in [3.63, 3.8) is 0 Å². The summed E-state index contributed by atoms with van der Waals surface area (Å²) in [5.74, 6) is -0.377. The molecule has 1 fully saturated rings. The van der Waals surface area contributed by atoms with E-state index in [1.165, 1.54) is 47.8 Å². The van der Waals surface area contributed by atoms with Crippen LogP contribution < -0.4 is 10.1 Å². The first-order valence-corrected chi connectivity index (χ1v) is 10.1. The normalized spacial score (nSPS) is 14.9. The van der Waals surface area contributed by atoms with E-state index in [-0.39, 0.29) is 40.7 Å². The summed E-state index contributed by atoms with van der Waals surface area (Å²) in [6.45, 7) is 1.10. The Morgan fingerprint density at radius 2 is 1.93 bits per heavy atom. The number of methoxy groups -OCH3 is 1. The van der Waals surface area contributed by atoms with Gasteiger partial charge in [0.2, 0.25) is 10.0 Å². The predicted molar refractivity (Wildman–Crippen MR) is 104 cm³/mol. The number of hydrogen-bond donors (Lipinski definition) is 1. The van der Waals surface area contributed by atoms with Crippen molar-refractivity contribution in [1.29, 1.82) is 0 Å². The Hall–Kier alpha value is -3.02. The number of hydrogen-bond acceptors (Lipinski definition) is 7. The van der Waals surface area contributed by atoms with Crippen molar-refractivity contribution in [2.45, 2.75) is 4.90 Å². The van der Waals surface area contributed by atoms with Gasteiger partial charge in [-0.2, -0.15) is 4.31 Å². The van der Waals surface area contributed by atoms with Crippen LogP contribution in [0.5, 0.6) is 5.75 Å². The standard InChI is InChI=1S/C18H19N3O7S/c1-27-17-6-5-15(29(25,26)20-7-9-28-10-8-20)12-16(17)19-18(22)13-3-2-4-14(11-13)21(23)24/h2-6,11-12H,7-10H2,1H3,(H,19,22). The van der Waals surface area contributed by atoms with Crippen LogP contribution in [-0.2, 0) is 14.8 Å². The highest BCUT2D eigenvalue weighted by atomic mass is 32.2. The monoisotopic (exact) mass is 421 g/mol. The lowest BCUT2D eigenvalue weighted by Crippen LogP contribution is -2.40. The summed E-state index contributed by atoms with van der Waals surface area (Å²) in [6.07, 6.45) is 0. The Kier molecular flexibility index (Phi) is 6.11. The van der Waals surface area contributed by atoms with Crippen LogP contribution in [0, 0.1) is 10.1 Å². The smallest absolute Gasteiger partial charge is 0.270 e. The number of ether oxygens (including phenoxy) is 2. The number of nitro benzene ring substituents is 1. The van der Waals surface area contributed by atoms with Crippen molar-refractivity contribution in [3.8, 4) is 5.75 Å². The molecule has 11 heteroatoms. The average molecular weight is 421 g/mol. The SMILES string of the molecule is COc1ccc(S(=O)(=O)N2CCOCC2)cc1NC(=O)c1cccc([N+](=O)[O-])c1. The third-order valence-electron chi connectivity index (χ3n) is 4.35. The zero-order valence-corrected chi connectivity index (χ0v) is 16.3. The van der Waals surface area contributed by atoms with Gasteiger partial charge in [0, 0.05) is 30.8 Å². The first-order valence-electron chi connectivity index (χ1n) is 8.64. The van der Waals surface area contributed by atoms with Gasteiger partial charge in [-0.05, 0) is 24.3 Å². The fourth-order valence-corrected chi connectivity index (χ4v) is 4.27. The number of morpholine rings is 1. The molecule has 0 atom stereocenters. The van der Waals surface area contributed by atoms with E-state index < -0.39 is 20.9 Å². The van der Waals surface area contributed by atoms with Crippen molar-refractivity contribution < 1.29 is 27.6 Å². The number of rotatable bonds is 6. The summed E-state index contributed by atoms with van der Waals surface area (Å²) in [6, 6.07) is 9.36. The van der Waals surface area contributed by atoms with Crippen LogP contribution in [0.1, 0.15) is 10.4 Å². The molecule has 1 heterocycles. The Morgan fingerprint density at radius 3 is 2.59 bits per heavy atom. The summed E-state index contributed by atoms with van der Waals surface area (Å²) in [5.41, 5.74) is -0.0331. The van der Waals surface area contributed by atoms with Gasteiger partial charge < -0.3 is 14.8 Å². The zero-order chi connectivity index (χ0) is 21.0. The zero-order valence-electron chi connectivity index (χ0n) is 15.5. The largest absolute Gasteiger partial charge is 0.495 e. The molecule has 1 saturated heterocycles. The van der Waals surface area contributed by atoms with Crippen molar-refractivity contribution in [1.82, 2.24) is 4.31 Å². The van der Waals surface area contributed by atoms with Crippen LogP contribution in [0.25, 0.3) is 0 Å². The summed E-state index contributed by atoms with van der Waals surface area (Å²) >= 11 is 0. The van der Waals surface area contributed by atoms with Crippen molar-refractivity contribution in [2.75, 3.05) is 38.7 Å². The summed E-state index contributed by atoms with van der Waals surface area (Å²) in [4.78, 5) is 22.9. The van der Waals surface area contributed by atoms with Crippen molar-refractivity contribution >= 4 is 27.3 Å². The third kappa shape index (κ3) is 4.53. The second kappa shape index (κ2) is 8.55. The second-order valence-corrected chi connectivity index (χ2v) is 8.08. The van der Waals surface area contributed by atoms with E-state index in [4.69, 9.17) is 9.47 Å². The molecule has 1 aliphatic heterocycles. The lowest BCUT2D eigenvalue weighted by molar-refractivity contribution is -0.384. The van der Waals surface area contributed by atoms with Gasteiger partial charge in [-0.1, -0.05) is 6.07 Å². The molecule has 0 saturated carbocycles. The van der Waals surface area contributed by atoms with Crippen LogP contribution in [0.4, 0.5) is 11.4 Å². The average Bonchev–Trinajstić information content (AvgIpc) is 2.74. The Balaban J connectivity index is 1.90. The van der Waals surface area contributed by atoms with E-state index in [0.29, 0.717) is 13.2 Å². The minimum atomic E-state index is -3.77. The predicted octanol–water partition coefficient (Wildman–Crippen LogP) is 1.88. The van der Waals surface area contributed by atoms with Gasteiger partial charge in [-0.25, -0.2) is 8.42 Å². The molecule has 1 aliphatic rings. The molecule has 3 rings (SSSR count). The maximum absolute atomic E-state index is 12.9. The molecule has 1 amide bonds. The maximum atomic E-state index is 12.9. The Labute approximate surface area is 167 Å². The summed E-state index contributed by atoms with van der Waals surface area (Å²) in [5, 5.41) is 13.5. The highest BCUT2D eigenvalue weighted by molar-refractivity contribution is 7.89. The molecule has 154 valence electrons. The topological polar surface area (TPSA) is 128 Å². The molecule has 0 unspecified atom stereocenters. The van der Waals surface area contributed by atoms with Gasteiger partial charge >= 0.3 is 0 Å². The van der Waals surface area contributed by atoms with Gasteiger partial charge in [0.1, 0.15) is 5.75 Å². The van der Waals surface area contributed by atoms with Crippen LogP contribution in [-0.4, -0.2) is 57.0 Å². The Bertz CT molecular complexity index is 1030. The fourth-order valence-electron chi connectivity index (χ4n) is 2.84. The second-order valence-electron chi connectivity index (χ2n) is 6.14. The molecule has 0 aromatic heterocycles. The minimum absolute atomic E-state index is 0.00505. The summed E-state index contributed by atoms with van der Waals surface area (Å²) < 4.78 is 37.4. The minimum Gasteiger partial charge on any atom is -0.495 e. The van der Waals surface area contributed by atoms with E-state index in [0.717, 1.165) is 6.07 Å². The van der Waals surface area contributed by atoms with E-state index in [2.05, 4.69) is 5.32 Å². The maximum Gasteiger partial charge on any atom is 0.270 e. The van der Waals surface area contributed by atoms with E-state index in [9.17, 15) is 23.3 Å². The molecule has 2 aromatic carbocycles. The van der Waals surface area contributed by atoms with E-state index >= 15 is 0 Å². The number of amides is 1. The highest BCUT2D eigenvalue weighted by Gasteiger charge is 2.27. The van der Waals surface area contributed by atoms with Gasteiger partial charge in [-0.15, -0.1) is 0 Å². The number of nitrogens with one attached hydrogen (secondary N) is 1. The van der Waals surface area contributed by atoms with Crippen LogP contribution in [0.15, 0.2) is 47.4 Å². The molecule has 29 heavy (non-hydrogen) atoms. The van der Waals surface area contributed by atoms with E-state index in [1.807, 2.05) is 0 Å². The molecule has 2 aromatic rings. The van der Waals surface area contributed by atoms with Crippen molar-refractivity contribution in [2.24, 2.45) is 0 Å². The molecular weight excluding hydrogens is 402 g/mol. The lowest BCUT2D eigenvalue weighted by atomic mass is 10.2. The number of carbonyl (C=O) groups is 1. The van der Waals surface area contributed by atoms with E-state index in [1.54, 1.807) is 0 Å². The highest BCUT2D eigenvalue weighted by Crippen LogP contribution is 2.30. The van der Waals surface area contributed by atoms with Gasteiger partial charge in [0.25, 0.3) is 11.6 Å². The van der Waals surface area contributed by atoms with Crippen LogP contribution in [0.3, 0.4) is 0 Å². The van der Waals surface area contributed by atoms with Gasteiger partial charge in [-0.3, -0.25) is 14.9 Å². The molecule has 1 N–H and O–H groups in total. The molecule has 0 radical (unpaired) electrons. The molecular formula is C18H19N3O7S. The molecule has 10 nitrogen and oxygen atoms in total. The number of nitro groups is 1. The number of nitrogens with zero attached hydrogens (tertiary/aromatic N) is 2. The number of non-ortho nitro benzene ring substituents is 1. The van der Waals surface area contributed by atoms with Crippen LogP contribution >= 0.6 is 0 Å². The van der Waals surface area contributed by atoms with Gasteiger partial charge in [0.05, 0.1) is 35.8 Å². The molecule has 0 aliphatic carbocycles. The quantitative estimate of drug-likeness (QED) is 0.557. The number of sulfonamides is 1. The van der Waals surface area contributed by atoms with Crippen molar-refractivity contribution in [3.05, 3.63) is 58.1 Å². The number of anilines is 1. The van der Waals surface area contributed by atoms with Gasteiger partial charge in [0.15, 0.2) is 0 Å². The first kappa shape index (κ1) is 20.7. The Morgan fingerprint density at radius 1 is 1.21 bits per heavy atom. The number of carbonyl (C=O) groups excluding carboxylic acids is 1. The molecule has 0 bridgehead atoms. The first-order chi connectivity index (χ1) is 13.8. The third-order valence-corrected chi connectivity index (χ3v) is 6.24. The molecule has 0 spiro atoms. The fraction of sp³-hybridized carbons (Fsp3) is 0.278. The lowest BCUT2D eigenvalue weighted by Gasteiger charge is -2.26. The van der Waals surface area contributed by atoms with Crippen LogP contribution in [0.2, 0.25) is 0 Å². The summed E-state index contributed by atoms with van der Waals surface area (Å²) in [7, 11) is -2.39. The number of benzene rings is 2.